The van der Waals surface area contributed by atoms with Gasteiger partial charge in [-0.1, -0.05) is 24.9 Å². The SMILES string of the molecule is CCCC1=C(NC(C)=O)C(Cl)=CC(S(C)(=O)=O)(S(=O)(=O)N2CC[C@@H]3N=CC[C@H]32)C1=O. The molecule has 0 aromatic carbocycles. The third kappa shape index (κ3) is 3.35. The van der Waals surface area contributed by atoms with E-state index in [1.165, 1.54) is 6.92 Å². The minimum atomic E-state index is -4.71. The van der Waals surface area contributed by atoms with E-state index in [0.29, 0.717) is 19.3 Å². The Hall–Kier alpha value is -1.56. The highest BCUT2D eigenvalue weighted by Crippen LogP contribution is 2.44. The summed E-state index contributed by atoms with van der Waals surface area (Å²) in [6.45, 7) is 3.02. The van der Waals surface area contributed by atoms with Crippen molar-refractivity contribution in [3.8, 4) is 0 Å². The van der Waals surface area contributed by atoms with Crippen LogP contribution in [0.5, 0.6) is 0 Å². The first kappa shape index (κ1) is 23.1. The van der Waals surface area contributed by atoms with Crippen molar-refractivity contribution in [2.45, 2.75) is 55.7 Å². The van der Waals surface area contributed by atoms with Crippen LogP contribution in [0.2, 0.25) is 0 Å². The second kappa shape index (κ2) is 7.85. The molecule has 1 saturated heterocycles. The van der Waals surface area contributed by atoms with Gasteiger partial charge in [0.15, 0.2) is 9.84 Å². The predicted octanol–water partition coefficient (Wildman–Crippen LogP) is 0.870. The average molecular weight is 478 g/mol. The summed E-state index contributed by atoms with van der Waals surface area (Å²) >= 11 is 6.30. The number of rotatable bonds is 6. The second-order valence-electron chi connectivity index (χ2n) is 7.65. The molecule has 1 amide bonds. The van der Waals surface area contributed by atoms with Crippen LogP contribution in [0.1, 0.15) is 39.5 Å². The van der Waals surface area contributed by atoms with E-state index in [0.717, 1.165) is 16.6 Å². The highest BCUT2D eigenvalue weighted by Gasteiger charge is 2.64. The summed E-state index contributed by atoms with van der Waals surface area (Å²) in [4.78, 5) is 29.4. The topological polar surface area (TPSA) is 130 Å². The van der Waals surface area contributed by atoms with Gasteiger partial charge < -0.3 is 5.32 Å². The van der Waals surface area contributed by atoms with Gasteiger partial charge in [0, 0.05) is 37.9 Å². The number of hydrogen-bond donors (Lipinski definition) is 1. The quantitative estimate of drug-likeness (QED) is 0.604. The smallest absolute Gasteiger partial charge is 0.268 e. The van der Waals surface area contributed by atoms with Gasteiger partial charge in [0.2, 0.25) is 21.7 Å². The Morgan fingerprint density at radius 3 is 2.60 bits per heavy atom. The van der Waals surface area contributed by atoms with Crippen molar-refractivity contribution in [3.63, 3.8) is 0 Å². The lowest BCUT2D eigenvalue weighted by Gasteiger charge is -2.37. The van der Waals surface area contributed by atoms with Crippen molar-refractivity contribution in [1.29, 1.82) is 0 Å². The van der Waals surface area contributed by atoms with E-state index < -0.39 is 41.7 Å². The molecule has 0 spiro atoms. The van der Waals surface area contributed by atoms with E-state index >= 15 is 0 Å². The fourth-order valence-electron chi connectivity index (χ4n) is 4.27. The molecule has 3 rings (SSSR count). The van der Waals surface area contributed by atoms with Crippen LogP contribution in [0.25, 0.3) is 0 Å². The zero-order valence-corrected chi connectivity index (χ0v) is 19.3. The van der Waals surface area contributed by atoms with Crippen LogP contribution >= 0.6 is 11.6 Å². The largest absolute Gasteiger partial charge is 0.325 e. The number of carbonyl (C=O) groups is 2. The molecule has 1 unspecified atom stereocenters. The van der Waals surface area contributed by atoms with Gasteiger partial charge in [0.05, 0.1) is 22.8 Å². The lowest BCUT2D eigenvalue weighted by atomic mass is 9.95. The molecule has 0 saturated carbocycles. The lowest BCUT2D eigenvalue weighted by Crippen LogP contribution is -2.60. The Bertz CT molecular complexity index is 1090. The third-order valence-corrected chi connectivity index (χ3v) is 11.0. The fourth-order valence-corrected chi connectivity index (χ4v) is 9.23. The molecule has 30 heavy (non-hydrogen) atoms. The average Bonchev–Trinajstić information content (AvgIpc) is 3.22. The van der Waals surface area contributed by atoms with Gasteiger partial charge >= 0.3 is 0 Å². The molecule has 3 atom stereocenters. The van der Waals surface area contributed by atoms with E-state index in [1.54, 1.807) is 13.1 Å². The number of sulfone groups is 1. The van der Waals surface area contributed by atoms with Gasteiger partial charge in [-0.3, -0.25) is 14.6 Å². The summed E-state index contributed by atoms with van der Waals surface area (Å²) < 4.78 is 51.7. The first-order chi connectivity index (χ1) is 13.9. The van der Waals surface area contributed by atoms with Crippen LogP contribution < -0.4 is 5.32 Å². The summed E-state index contributed by atoms with van der Waals surface area (Å²) in [5.41, 5.74) is -0.165. The number of halogens is 1. The van der Waals surface area contributed by atoms with E-state index in [1.807, 2.05) is 0 Å². The van der Waals surface area contributed by atoms with Crippen molar-refractivity contribution in [2.75, 3.05) is 12.8 Å². The molecule has 1 N–H and O–H groups in total. The van der Waals surface area contributed by atoms with Gasteiger partial charge in [-0.25, -0.2) is 16.8 Å². The summed E-state index contributed by atoms with van der Waals surface area (Å²) in [5, 5.41) is 2.15. The summed E-state index contributed by atoms with van der Waals surface area (Å²) in [7, 11) is -9.24. The molecule has 3 aliphatic rings. The fraction of sp³-hybridized carbons (Fsp3) is 0.611. The zero-order valence-electron chi connectivity index (χ0n) is 16.9. The normalized spacial score (nSPS) is 29.9. The van der Waals surface area contributed by atoms with Crippen LogP contribution in [0.4, 0.5) is 0 Å². The molecule has 0 aromatic heterocycles. The van der Waals surface area contributed by atoms with Crippen LogP contribution in [-0.2, 0) is 29.4 Å². The number of allylic oxidation sites excluding steroid dienone is 2. The Balaban J connectivity index is 2.24. The van der Waals surface area contributed by atoms with Gasteiger partial charge in [-0.05, 0) is 18.9 Å². The maximum Gasteiger partial charge on any atom is 0.268 e. The number of Topliss-reactive ketones (excluding diaryl/α,β-unsaturated/α-hetero) is 1. The summed E-state index contributed by atoms with van der Waals surface area (Å²) in [6, 6.07) is -0.779. The molecule has 2 heterocycles. The van der Waals surface area contributed by atoms with Gasteiger partial charge in [0.25, 0.3) is 4.08 Å². The number of sulfonamides is 1. The van der Waals surface area contributed by atoms with Crippen molar-refractivity contribution in [2.24, 2.45) is 4.99 Å². The first-order valence-electron chi connectivity index (χ1n) is 9.55. The van der Waals surface area contributed by atoms with Crippen molar-refractivity contribution < 1.29 is 26.4 Å². The monoisotopic (exact) mass is 477 g/mol. The molecule has 2 aliphatic heterocycles. The van der Waals surface area contributed by atoms with E-state index in [2.05, 4.69) is 10.3 Å². The number of hydrogen-bond acceptors (Lipinski definition) is 7. The molecular weight excluding hydrogens is 454 g/mol. The van der Waals surface area contributed by atoms with Crippen molar-refractivity contribution >= 4 is 49.4 Å². The van der Waals surface area contributed by atoms with Gasteiger partial charge in [-0.15, -0.1) is 0 Å². The molecule has 9 nitrogen and oxygen atoms in total. The number of fused-ring (bicyclic) bond motifs is 1. The maximum absolute atomic E-state index is 13.8. The lowest BCUT2D eigenvalue weighted by molar-refractivity contribution is -0.118. The molecule has 1 fully saturated rings. The third-order valence-electron chi connectivity index (χ3n) is 5.59. The highest BCUT2D eigenvalue weighted by molar-refractivity contribution is 8.10. The van der Waals surface area contributed by atoms with Crippen LogP contribution in [0, 0.1) is 0 Å². The summed E-state index contributed by atoms with van der Waals surface area (Å²) in [6.07, 6.45) is 4.36. The molecule has 0 radical (unpaired) electrons. The number of ketones is 1. The van der Waals surface area contributed by atoms with Gasteiger partial charge in [0.1, 0.15) is 0 Å². The Morgan fingerprint density at radius 1 is 1.37 bits per heavy atom. The van der Waals surface area contributed by atoms with Crippen LogP contribution in [-0.4, -0.2) is 68.0 Å². The second-order valence-corrected chi connectivity index (χ2v) is 12.6. The standard InChI is InChI=1S/C18H24ClN3O6S2/c1-4-5-12-16(21-11(2)23)13(19)10-18(17(12)24,29(3,25)26)30(27,28)22-9-7-14-15(22)6-8-20-14/h8,10,14-15H,4-7,9H2,1-3H3,(H,21,23)/t14-,15+,18?/m0/s1. The van der Waals surface area contributed by atoms with Crippen LogP contribution in [0.3, 0.4) is 0 Å². The van der Waals surface area contributed by atoms with Crippen molar-refractivity contribution in [1.82, 2.24) is 9.62 Å². The number of nitrogens with one attached hydrogen (secondary N) is 1. The minimum Gasteiger partial charge on any atom is -0.325 e. The number of amides is 1. The Kier molecular flexibility index (Phi) is 6.05. The minimum absolute atomic E-state index is 0.0472. The number of nitrogens with zero attached hydrogens (tertiary/aromatic N) is 2. The van der Waals surface area contributed by atoms with E-state index in [9.17, 15) is 26.4 Å². The number of carbonyl (C=O) groups excluding carboxylic acids is 2. The first-order valence-corrected chi connectivity index (χ1v) is 13.3. The molecule has 0 bridgehead atoms. The molecule has 12 heteroatoms. The molecule has 1 aliphatic carbocycles. The maximum atomic E-state index is 13.8. The molecular formula is C18H24ClN3O6S2. The number of aliphatic imine (C=N–C) groups is 1. The van der Waals surface area contributed by atoms with E-state index in [4.69, 9.17) is 11.6 Å². The van der Waals surface area contributed by atoms with Crippen LogP contribution in [0.15, 0.2) is 27.4 Å². The molecule has 0 aromatic rings. The Morgan fingerprint density at radius 2 is 2.03 bits per heavy atom. The predicted molar refractivity (Wildman–Crippen MR) is 113 cm³/mol. The summed E-state index contributed by atoms with van der Waals surface area (Å²) in [5.74, 6) is -1.61. The zero-order chi connectivity index (χ0) is 22.5. The van der Waals surface area contributed by atoms with Crippen molar-refractivity contribution in [3.05, 3.63) is 22.4 Å². The van der Waals surface area contributed by atoms with E-state index in [-0.39, 0.29) is 35.3 Å². The highest BCUT2D eigenvalue weighted by atomic mass is 35.5. The molecule has 166 valence electrons. The van der Waals surface area contributed by atoms with Gasteiger partial charge in [-0.2, -0.15) is 4.31 Å². The Labute approximate surface area is 181 Å².